The second-order valence-corrected chi connectivity index (χ2v) is 11.8. The molecule has 0 saturated carbocycles. The van der Waals surface area contributed by atoms with Gasteiger partial charge in [-0.1, -0.05) is 54.6 Å². The Bertz CT molecular complexity index is 1320. The monoisotopic (exact) mass is 552 g/mol. The van der Waals surface area contributed by atoms with E-state index in [0.717, 1.165) is 42.6 Å². The van der Waals surface area contributed by atoms with E-state index in [0.29, 0.717) is 24.8 Å². The number of hydrogen-bond donors (Lipinski definition) is 2. The van der Waals surface area contributed by atoms with Crippen molar-refractivity contribution in [1.82, 2.24) is 4.90 Å². The maximum Gasteiger partial charge on any atom is 0.261 e. The summed E-state index contributed by atoms with van der Waals surface area (Å²) < 4.78 is 46.9. The first-order valence-electron chi connectivity index (χ1n) is 13.4. The van der Waals surface area contributed by atoms with Crippen LogP contribution >= 0.6 is 0 Å². The minimum absolute atomic E-state index is 0.0122. The molecule has 0 bridgehead atoms. The molecular weight excluding hydrogens is 516 g/mol. The summed E-state index contributed by atoms with van der Waals surface area (Å²) in [5.74, 6) is 0. The molecule has 3 aromatic carbocycles. The zero-order chi connectivity index (χ0) is 27.2. The van der Waals surface area contributed by atoms with Crippen molar-refractivity contribution in [3.8, 4) is 0 Å². The summed E-state index contributed by atoms with van der Waals surface area (Å²) in [5, 5.41) is 9.46. The zero-order valence-electron chi connectivity index (χ0n) is 22.1. The predicted molar refractivity (Wildman–Crippen MR) is 149 cm³/mol. The molecule has 2 aliphatic rings. The van der Waals surface area contributed by atoms with Crippen LogP contribution in [0.2, 0.25) is 0 Å². The third-order valence-corrected chi connectivity index (χ3v) is 8.77. The molecule has 8 nitrogen and oxygen atoms in total. The number of rotatable bonds is 10. The first kappa shape index (κ1) is 27.8. The molecule has 9 heteroatoms. The van der Waals surface area contributed by atoms with Crippen LogP contribution in [0.15, 0.2) is 83.8 Å². The van der Waals surface area contributed by atoms with Gasteiger partial charge in [-0.2, -0.15) is 0 Å². The van der Waals surface area contributed by atoms with Gasteiger partial charge in [-0.25, -0.2) is 8.42 Å². The number of aliphatic hydroxyl groups is 1. The predicted octanol–water partition coefficient (Wildman–Crippen LogP) is 4.64. The fourth-order valence-electron chi connectivity index (χ4n) is 5.37. The SMILES string of the molecule is COC[C@@H]1CCCN1C[C@@H]1C[C@H](c2ccc(CO)cc2)O[C@H](c2cccc(NS(=O)(=O)c3ccccc3)c2)O1. The molecule has 39 heavy (non-hydrogen) atoms. The molecule has 2 saturated heterocycles. The number of sulfonamides is 1. The molecular formula is C30H36N2O6S. The molecule has 2 aliphatic heterocycles. The van der Waals surface area contributed by atoms with E-state index in [1.165, 1.54) is 0 Å². The lowest BCUT2D eigenvalue weighted by Gasteiger charge is -2.39. The first-order chi connectivity index (χ1) is 18.9. The Labute approximate surface area is 230 Å². The van der Waals surface area contributed by atoms with Crippen LogP contribution in [-0.2, 0) is 30.8 Å². The van der Waals surface area contributed by atoms with Gasteiger partial charge in [-0.3, -0.25) is 9.62 Å². The lowest BCUT2D eigenvalue weighted by molar-refractivity contribution is -0.253. The van der Waals surface area contributed by atoms with E-state index >= 15 is 0 Å². The van der Waals surface area contributed by atoms with Gasteiger partial charge in [-0.15, -0.1) is 0 Å². The highest BCUT2D eigenvalue weighted by Crippen LogP contribution is 2.39. The molecule has 3 aromatic rings. The Balaban J connectivity index is 1.38. The lowest BCUT2D eigenvalue weighted by Crippen LogP contribution is -2.42. The summed E-state index contributed by atoms with van der Waals surface area (Å²) in [6, 6.07) is 23.6. The number of likely N-dealkylation sites (tertiary alicyclic amines) is 1. The van der Waals surface area contributed by atoms with Gasteiger partial charge in [0.25, 0.3) is 10.0 Å². The Morgan fingerprint density at radius 2 is 1.79 bits per heavy atom. The number of nitrogens with one attached hydrogen (secondary N) is 1. The molecule has 0 radical (unpaired) electrons. The fourth-order valence-corrected chi connectivity index (χ4v) is 6.44. The summed E-state index contributed by atoms with van der Waals surface area (Å²) in [5.41, 5.74) is 3.03. The van der Waals surface area contributed by atoms with Gasteiger partial charge in [0.1, 0.15) is 0 Å². The second kappa shape index (κ2) is 12.6. The molecule has 2 fully saturated rings. The number of methoxy groups -OCH3 is 1. The zero-order valence-corrected chi connectivity index (χ0v) is 22.9. The van der Waals surface area contributed by atoms with Crippen LogP contribution in [0.25, 0.3) is 0 Å². The molecule has 4 atom stereocenters. The summed E-state index contributed by atoms with van der Waals surface area (Å²) >= 11 is 0. The third kappa shape index (κ3) is 6.87. The van der Waals surface area contributed by atoms with Crippen molar-refractivity contribution in [3.63, 3.8) is 0 Å². The van der Waals surface area contributed by atoms with Crippen molar-refractivity contribution in [2.75, 3.05) is 31.5 Å². The minimum atomic E-state index is -3.73. The van der Waals surface area contributed by atoms with Crippen LogP contribution in [0.5, 0.6) is 0 Å². The number of benzene rings is 3. The van der Waals surface area contributed by atoms with Gasteiger partial charge in [0.15, 0.2) is 6.29 Å². The van der Waals surface area contributed by atoms with Crippen LogP contribution in [-0.4, -0.2) is 57.4 Å². The van der Waals surface area contributed by atoms with Gasteiger partial charge >= 0.3 is 0 Å². The second-order valence-electron chi connectivity index (χ2n) is 10.1. The van der Waals surface area contributed by atoms with Crippen LogP contribution in [0.1, 0.15) is 48.3 Å². The molecule has 0 aliphatic carbocycles. The minimum Gasteiger partial charge on any atom is -0.392 e. The van der Waals surface area contributed by atoms with Crippen molar-refractivity contribution >= 4 is 15.7 Å². The van der Waals surface area contributed by atoms with Gasteiger partial charge in [0.05, 0.1) is 30.3 Å². The topological polar surface area (TPSA) is 97.3 Å². The maximum absolute atomic E-state index is 12.9. The molecule has 2 heterocycles. The number of nitrogens with zero attached hydrogens (tertiary/aromatic N) is 1. The molecule has 0 spiro atoms. The van der Waals surface area contributed by atoms with Crippen LogP contribution < -0.4 is 4.72 Å². The van der Waals surface area contributed by atoms with E-state index < -0.39 is 16.3 Å². The summed E-state index contributed by atoms with van der Waals surface area (Å²) in [7, 11) is -1.99. The number of ether oxygens (including phenoxy) is 3. The highest BCUT2D eigenvalue weighted by Gasteiger charge is 2.35. The van der Waals surface area contributed by atoms with E-state index in [4.69, 9.17) is 14.2 Å². The summed E-state index contributed by atoms with van der Waals surface area (Å²) in [6.45, 7) is 2.45. The van der Waals surface area contributed by atoms with Gasteiger partial charge in [0, 0.05) is 37.4 Å². The number of anilines is 1. The molecule has 5 rings (SSSR count). The third-order valence-electron chi connectivity index (χ3n) is 7.38. The average Bonchev–Trinajstić information content (AvgIpc) is 3.40. The average molecular weight is 553 g/mol. The van der Waals surface area contributed by atoms with E-state index in [1.54, 1.807) is 55.6 Å². The fraction of sp³-hybridized carbons (Fsp3) is 0.400. The van der Waals surface area contributed by atoms with E-state index in [2.05, 4.69) is 9.62 Å². The Hall–Kier alpha value is -2.79. The molecule has 0 unspecified atom stereocenters. The first-order valence-corrected chi connectivity index (χ1v) is 14.8. The highest BCUT2D eigenvalue weighted by atomic mass is 32.2. The Kier molecular flexibility index (Phi) is 8.96. The maximum atomic E-state index is 12.9. The highest BCUT2D eigenvalue weighted by molar-refractivity contribution is 7.92. The van der Waals surface area contributed by atoms with Crippen molar-refractivity contribution in [2.24, 2.45) is 0 Å². The van der Waals surface area contributed by atoms with Gasteiger partial charge in [-0.05, 0) is 54.8 Å². The van der Waals surface area contributed by atoms with Crippen molar-refractivity contribution in [1.29, 1.82) is 0 Å². The smallest absolute Gasteiger partial charge is 0.261 e. The van der Waals surface area contributed by atoms with Gasteiger partial charge < -0.3 is 19.3 Å². The van der Waals surface area contributed by atoms with Crippen LogP contribution in [0.4, 0.5) is 5.69 Å². The van der Waals surface area contributed by atoms with Gasteiger partial charge in [0.2, 0.25) is 0 Å². The molecule has 0 amide bonds. The number of hydrogen-bond acceptors (Lipinski definition) is 7. The van der Waals surface area contributed by atoms with Crippen LogP contribution in [0, 0.1) is 0 Å². The Morgan fingerprint density at radius 1 is 1.00 bits per heavy atom. The lowest BCUT2D eigenvalue weighted by atomic mass is 9.99. The van der Waals surface area contributed by atoms with Crippen molar-refractivity contribution in [2.45, 2.75) is 55.3 Å². The molecule has 208 valence electrons. The quantitative estimate of drug-likeness (QED) is 0.378. The summed E-state index contributed by atoms with van der Waals surface area (Å²) in [6.07, 6.45) is 1.96. The van der Waals surface area contributed by atoms with E-state index in [9.17, 15) is 13.5 Å². The number of aliphatic hydroxyl groups excluding tert-OH is 1. The van der Waals surface area contributed by atoms with Crippen molar-refractivity contribution in [3.05, 3.63) is 95.6 Å². The van der Waals surface area contributed by atoms with Crippen LogP contribution in [0.3, 0.4) is 0 Å². The normalized spacial score (nSPS) is 24.1. The van der Waals surface area contributed by atoms with E-state index in [-0.39, 0.29) is 23.7 Å². The largest absolute Gasteiger partial charge is 0.392 e. The molecule has 2 N–H and O–H groups in total. The standard InChI is InChI=1S/C30H36N2O6S/c1-36-21-26-9-6-16-32(26)19-27-18-29(23-14-12-22(20-33)13-15-23)38-30(37-27)24-7-5-8-25(17-24)31-39(34,35)28-10-3-2-4-11-28/h2-5,7-8,10-15,17,26-27,29-31,33H,6,9,16,18-21H2,1H3/t26-,27-,29+,30+/m0/s1. The Morgan fingerprint density at radius 3 is 2.54 bits per heavy atom. The van der Waals surface area contributed by atoms with E-state index in [1.807, 2.05) is 30.3 Å². The summed E-state index contributed by atoms with van der Waals surface area (Å²) in [4.78, 5) is 2.63. The van der Waals surface area contributed by atoms with Crippen molar-refractivity contribution < 1.29 is 27.7 Å². The molecule has 0 aromatic heterocycles.